The predicted molar refractivity (Wildman–Crippen MR) is 96.9 cm³/mol. The van der Waals surface area contributed by atoms with Crippen LogP contribution in [-0.4, -0.2) is 30.2 Å². The molecular weight excluding hydrogens is 328 g/mol. The molecule has 1 aliphatic rings. The summed E-state index contributed by atoms with van der Waals surface area (Å²) in [5.41, 5.74) is 1.59. The molecule has 1 aliphatic carbocycles. The van der Waals surface area contributed by atoms with Gasteiger partial charge in [0.25, 0.3) is 5.91 Å². The number of nitrogens with one attached hydrogen (secondary N) is 1. The Morgan fingerprint density at radius 2 is 1.92 bits per heavy atom. The van der Waals surface area contributed by atoms with Crippen molar-refractivity contribution in [2.75, 3.05) is 0 Å². The van der Waals surface area contributed by atoms with Crippen molar-refractivity contribution in [1.82, 2.24) is 29.6 Å². The first kappa shape index (κ1) is 16.5. The van der Waals surface area contributed by atoms with Crippen molar-refractivity contribution >= 4 is 5.91 Å². The molecule has 0 unspecified atom stereocenters. The van der Waals surface area contributed by atoms with Crippen LogP contribution in [0.1, 0.15) is 54.3 Å². The van der Waals surface area contributed by atoms with Crippen molar-refractivity contribution < 1.29 is 4.79 Å². The van der Waals surface area contributed by atoms with E-state index in [1.807, 2.05) is 35.0 Å². The Labute approximate surface area is 152 Å². The summed E-state index contributed by atoms with van der Waals surface area (Å²) in [7, 11) is 0. The standard InChI is InChI=1S/C19H22N6O/c26-19(15-6-8-16(9-7-15)24-11-10-20-13-24)21-12-18-23-22-14-25(18)17-4-2-1-3-5-17/h6-11,13-14,17H,1-5,12H2,(H,21,26). The van der Waals surface area contributed by atoms with E-state index in [-0.39, 0.29) is 5.91 Å². The minimum atomic E-state index is -0.111. The van der Waals surface area contributed by atoms with Gasteiger partial charge in [0.1, 0.15) is 6.33 Å². The maximum atomic E-state index is 12.4. The fraction of sp³-hybridized carbons (Fsp3) is 0.368. The SMILES string of the molecule is O=C(NCc1nncn1C1CCCCC1)c1ccc(-n2ccnc2)cc1. The lowest BCUT2D eigenvalue weighted by Gasteiger charge is -2.24. The van der Waals surface area contributed by atoms with E-state index in [1.54, 1.807) is 18.9 Å². The van der Waals surface area contributed by atoms with E-state index in [2.05, 4.69) is 25.1 Å². The van der Waals surface area contributed by atoms with Crippen LogP contribution in [0.4, 0.5) is 0 Å². The molecule has 2 heterocycles. The van der Waals surface area contributed by atoms with E-state index in [0.29, 0.717) is 18.2 Å². The summed E-state index contributed by atoms with van der Waals surface area (Å²) in [5, 5.41) is 11.2. The fourth-order valence-corrected chi connectivity index (χ4v) is 3.52. The predicted octanol–water partition coefficient (Wildman–Crippen LogP) is 2.90. The van der Waals surface area contributed by atoms with Crippen LogP contribution in [0.15, 0.2) is 49.3 Å². The Morgan fingerprint density at radius 3 is 2.65 bits per heavy atom. The molecule has 0 bridgehead atoms. The highest BCUT2D eigenvalue weighted by atomic mass is 16.1. The smallest absolute Gasteiger partial charge is 0.251 e. The van der Waals surface area contributed by atoms with Crippen molar-refractivity contribution in [2.45, 2.75) is 44.7 Å². The summed E-state index contributed by atoms with van der Waals surface area (Å²) in [6.07, 6.45) is 13.2. The van der Waals surface area contributed by atoms with Crippen LogP contribution < -0.4 is 5.32 Å². The normalized spacial score (nSPS) is 15.1. The van der Waals surface area contributed by atoms with Crippen LogP contribution >= 0.6 is 0 Å². The van der Waals surface area contributed by atoms with Gasteiger partial charge in [-0.3, -0.25) is 4.79 Å². The highest BCUT2D eigenvalue weighted by Gasteiger charge is 2.18. The summed E-state index contributed by atoms with van der Waals surface area (Å²) >= 11 is 0. The van der Waals surface area contributed by atoms with Crippen LogP contribution in [-0.2, 0) is 6.54 Å². The van der Waals surface area contributed by atoms with Gasteiger partial charge in [0.15, 0.2) is 5.82 Å². The largest absolute Gasteiger partial charge is 0.345 e. The molecule has 7 nitrogen and oxygen atoms in total. The summed E-state index contributed by atoms with van der Waals surface area (Å²) < 4.78 is 4.02. The van der Waals surface area contributed by atoms with Gasteiger partial charge in [-0.2, -0.15) is 0 Å². The molecule has 7 heteroatoms. The van der Waals surface area contributed by atoms with Gasteiger partial charge in [-0.05, 0) is 37.1 Å². The lowest BCUT2D eigenvalue weighted by Crippen LogP contribution is -2.26. The third-order valence-electron chi connectivity index (χ3n) is 4.95. The average Bonchev–Trinajstić information content (AvgIpc) is 3.39. The number of aromatic nitrogens is 5. The van der Waals surface area contributed by atoms with Gasteiger partial charge in [0.2, 0.25) is 0 Å². The second-order valence-electron chi connectivity index (χ2n) is 6.65. The Kier molecular flexibility index (Phi) is 4.77. The van der Waals surface area contributed by atoms with Gasteiger partial charge in [0, 0.05) is 29.7 Å². The fourth-order valence-electron chi connectivity index (χ4n) is 3.52. The van der Waals surface area contributed by atoms with Gasteiger partial charge >= 0.3 is 0 Å². The second-order valence-corrected chi connectivity index (χ2v) is 6.65. The molecule has 1 aromatic carbocycles. The highest BCUT2D eigenvalue weighted by Crippen LogP contribution is 2.28. The molecule has 134 valence electrons. The topological polar surface area (TPSA) is 77.6 Å². The summed E-state index contributed by atoms with van der Waals surface area (Å²) in [4.78, 5) is 16.5. The number of hydrogen-bond donors (Lipinski definition) is 1. The number of carbonyl (C=O) groups is 1. The van der Waals surface area contributed by atoms with E-state index < -0.39 is 0 Å². The number of amides is 1. The molecule has 0 radical (unpaired) electrons. The zero-order chi connectivity index (χ0) is 17.8. The van der Waals surface area contributed by atoms with Gasteiger partial charge in [-0.1, -0.05) is 19.3 Å². The molecule has 0 saturated heterocycles. The molecule has 0 aliphatic heterocycles. The van der Waals surface area contributed by atoms with Crippen molar-refractivity contribution in [3.05, 3.63) is 60.7 Å². The first-order valence-electron chi connectivity index (χ1n) is 9.06. The number of rotatable bonds is 5. The molecule has 0 spiro atoms. The minimum Gasteiger partial charge on any atom is -0.345 e. The zero-order valence-electron chi connectivity index (χ0n) is 14.6. The van der Waals surface area contributed by atoms with E-state index in [4.69, 9.17) is 0 Å². The average molecular weight is 350 g/mol. The van der Waals surface area contributed by atoms with Gasteiger partial charge in [0.05, 0.1) is 12.9 Å². The van der Waals surface area contributed by atoms with Crippen LogP contribution in [0.2, 0.25) is 0 Å². The third-order valence-corrected chi connectivity index (χ3v) is 4.95. The van der Waals surface area contributed by atoms with Crippen LogP contribution in [0.5, 0.6) is 0 Å². The maximum absolute atomic E-state index is 12.4. The molecular formula is C19H22N6O. The number of nitrogens with zero attached hydrogens (tertiary/aromatic N) is 5. The molecule has 26 heavy (non-hydrogen) atoms. The first-order chi connectivity index (χ1) is 12.8. The molecule has 1 fully saturated rings. The monoisotopic (exact) mass is 350 g/mol. The van der Waals surface area contributed by atoms with Crippen LogP contribution in [0.3, 0.4) is 0 Å². The third kappa shape index (κ3) is 3.51. The van der Waals surface area contributed by atoms with E-state index >= 15 is 0 Å². The molecule has 3 aromatic rings. The molecule has 0 atom stereocenters. The van der Waals surface area contributed by atoms with Crippen molar-refractivity contribution in [3.8, 4) is 5.69 Å². The highest BCUT2D eigenvalue weighted by molar-refractivity contribution is 5.94. The number of imidazole rings is 1. The van der Waals surface area contributed by atoms with Gasteiger partial charge in [-0.15, -0.1) is 10.2 Å². The van der Waals surface area contributed by atoms with Gasteiger partial charge < -0.3 is 14.5 Å². The number of hydrogen-bond acceptors (Lipinski definition) is 4. The molecule has 2 aromatic heterocycles. The Balaban J connectivity index is 1.39. The molecule has 1 amide bonds. The first-order valence-corrected chi connectivity index (χ1v) is 9.06. The summed E-state index contributed by atoms with van der Waals surface area (Å²) in [6, 6.07) is 7.90. The lowest BCUT2D eigenvalue weighted by molar-refractivity contribution is 0.0949. The summed E-state index contributed by atoms with van der Waals surface area (Å²) in [5.74, 6) is 0.709. The molecule has 1 saturated carbocycles. The van der Waals surface area contributed by atoms with Crippen molar-refractivity contribution in [3.63, 3.8) is 0 Å². The second kappa shape index (κ2) is 7.51. The Bertz CT molecular complexity index is 847. The van der Waals surface area contributed by atoms with Crippen LogP contribution in [0, 0.1) is 0 Å². The lowest BCUT2D eigenvalue weighted by atomic mass is 9.95. The number of benzene rings is 1. The maximum Gasteiger partial charge on any atom is 0.251 e. The van der Waals surface area contributed by atoms with Crippen molar-refractivity contribution in [1.29, 1.82) is 0 Å². The summed E-state index contributed by atoms with van der Waals surface area (Å²) in [6.45, 7) is 0.388. The van der Waals surface area contributed by atoms with Gasteiger partial charge in [-0.25, -0.2) is 4.98 Å². The van der Waals surface area contributed by atoms with Crippen LogP contribution in [0.25, 0.3) is 5.69 Å². The molecule has 1 N–H and O–H groups in total. The quantitative estimate of drug-likeness (QED) is 0.767. The van der Waals surface area contributed by atoms with E-state index in [1.165, 1.54) is 19.3 Å². The Morgan fingerprint density at radius 1 is 1.12 bits per heavy atom. The molecule has 4 rings (SSSR count). The number of carbonyl (C=O) groups excluding carboxylic acids is 1. The van der Waals surface area contributed by atoms with E-state index in [9.17, 15) is 4.79 Å². The Hall–Kier alpha value is -2.96. The minimum absolute atomic E-state index is 0.111. The van der Waals surface area contributed by atoms with Crippen molar-refractivity contribution in [2.24, 2.45) is 0 Å². The van der Waals surface area contributed by atoms with E-state index in [0.717, 1.165) is 24.4 Å². The zero-order valence-corrected chi connectivity index (χ0v) is 14.6.